The molecule has 34 heavy (non-hydrogen) atoms. The number of hydrogen-bond acceptors (Lipinski definition) is 7. The van der Waals surface area contributed by atoms with Gasteiger partial charge in [-0.15, -0.1) is 11.3 Å². The lowest BCUT2D eigenvalue weighted by molar-refractivity contribution is -0.139. The lowest BCUT2D eigenvalue weighted by Crippen LogP contribution is -2.47. The van der Waals surface area contributed by atoms with E-state index < -0.39 is 24.0 Å². The third-order valence-corrected chi connectivity index (χ3v) is 6.04. The Balaban J connectivity index is 1.57. The van der Waals surface area contributed by atoms with Gasteiger partial charge in [-0.1, -0.05) is 54.1 Å². The van der Waals surface area contributed by atoms with Crippen molar-refractivity contribution in [1.29, 1.82) is 0 Å². The van der Waals surface area contributed by atoms with Crippen molar-refractivity contribution in [1.82, 2.24) is 15.6 Å². The van der Waals surface area contributed by atoms with E-state index in [1.165, 1.54) is 11.3 Å². The van der Waals surface area contributed by atoms with E-state index in [-0.39, 0.29) is 30.2 Å². The van der Waals surface area contributed by atoms with E-state index in [1.54, 1.807) is 54.8 Å². The van der Waals surface area contributed by atoms with Crippen molar-refractivity contribution >= 4 is 40.9 Å². The number of halogens is 1. The summed E-state index contributed by atoms with van der Waals surface area (Å²) in [5.41, 5.74) is 1.89. The molecule has 3 aromatic rings. The minimum atomic E-state index is -0.753. The zero-order chi connectivity index (χ0) is 24.1. The van der Waals surface area contributed by atoms with Crippen LogP contribution in [0.15, 0.2) is 71.2 Å². The van der Waals surface area contributed by atoms with Crippen LogP contribution in [-0.4, -0.2) is 36.2 Å². The molecule has 2 N–H and O–H groups in total. The first-order valence-corrected chi connectivity index (χ1v) is 11.6. The van der Waals surface area contributed by atoms with E-state index in [9.17, 15) is 14.4 Å². The maximum atomic E-state index is 12.8. The molecule has 174 valence electrons. The molecule has 1 atom stereocenters. The van der Waals surface area contributed by atoms with Crippen LogP contribution >= 0.6 is 22.9 Å². The lowest BCUT2D eigenvalue weighted by atomic mass is 9.95. The summed E-state index contributed by atoms with van der Waals surface area (Å²) < 4.78 is 10.6. The molecule has 2 heterocycles. The van der Waals surface area contributed by atoms with Gasteiger partial charge in [0.1, 0.15) is 11.6 Å². The molecule has 0 aliphatic carbocycles. The number of benzene rings is 2. The van der Waals surface area contributed by atoms with Gasteiger partial charge >= 0.3 is 18.0 Å². The van der Waals surface area contributed by atoms with Crippen molar-refractivity contribution in [2.45, 2.75) is 13.0 Å². The second kappa shape index (κ2) is 10.5. The number of carbonyl (C=O) groups excluding carboxylic acids is 3. The highest BCUT2D eigenvalue weighted by Crippen LogP contribution is 2.29. The molecule has 1 aromatic heterocycles. The van der Waals surface area contributed by atoms with Crippen molar-refractivity contribution in [3.05, 3.63) is 87.5 Å². The van der Waals surface area contributed by atoms with Crippen LogP contribution in [0.2, 0.25) is 5.02 Å². The van der Waals surface area contributed by atoms with E-state index >= 15 is 0 Å². The fourth-order valence-electron chi connectivity index (χ4n) is 3.41. The Kier molecular flexibility index (Phi) is 7.24. The zero-order valence-electron chi connectivity index (χ0n) is 18.0. The summed E-state index contributed by atoms with van der Waals surface area (Å²) in [5.74, 6) is -1.31. The maximum absolute atomic E-state index is 12.8. The predicted octanol–water partition coefficient (Wildman–Crippen LogP) is 4.49. The zero-order valence-corrected chi connectivity index (χ0v) is 19.6. The van der Waals surface area contributed by atoms with Gasteiger partial charge in [0.2, 0.25) is 0 Å². The molecule has 4 rings (SSSR count). The van der Waals surface area contributed by atoms with E-state index in [0.717, 1.165) is 5.56 Å². The lowest BCUT2D eigenvalue weighted by Gasteiger charge is -2.29. The largest absolute Gasteiger partial charge is 0.463 e. The highest BCUT2D eigenvalue weighted by atomic mass is 35.5. The van der Waals surface area contributed by atoms with Gasteiger partial charge in [-0.05, 0) is 24.6 Å². The standard InChI is InChI=1S/C24H20ClN3O5S/c1-2-32-23(30)19-17(27-24(31)28-20(19)14-7-4-3-5-8-14)12-33-22(29)18-13-34-21(26-18)15-9-6-10-16(25)11-15/h3-11,13,20H,2,12H2,1H3,(H2,27,28,31). The Morgan fingerprint density at radius 3 is 2.62 bits per heavy atom. The van der Waals surface area contributed by atoms with Crippen LogP contribution in [-0.2, 0) is 14.3 Å². The third kappa shape index (κ3) is 5.27. The van der Waals surface area contributed by atoms with Gasteiger partial charge in [0.25, 0.3) is 0 Å². The number of nitrogens with zero attached hydrogens (tertiary/aromatic N) is 1. The van der Waals surface area contributed by atoms with E-state index in [2.05, 4.69) is 15.6 Å². The van der Waals surface area contributed by atoms with Gasteiger partial charge in [-0.3, -0.25) is 0 Å². The summed E-state index contributed by atoms with van der Waals surface area (Å²) in [6.07, 6.45) is 0. The van der Waals surface area contributed by atoms with Crippen LogP contribution in [0.1, 0.15) is 29.0 Å². The molecule has 0 fully saturated rings. The van der Waals surface area contributed by atoms with Crippen LogP contribution in [0.25, 0.3) is 10.6 Å². The van der Waals surface area contributed by atoms with Gasteiger partial charge in [-0.2, -0.15) is 0 Å². The summed E-state index contributed by atoms with van der Waals surface area (Å²) >= 11 is 7.31. The maximum Gasteiger partial charge on any atom is 0.358 e. The summed E-state index contributed by atoms with van der Waals surface area (Å²) in [4.78, 5) is 42.1. The second-order valence-electron chi connectivity index (χ2n) is 7.18. The third-order valence-electron chi connectivity index (χ3n) is 4.91. The molecule has 0 saturated heterocycles. The average molecular weight is 498 g/mol. The highest BCUT2D eigenvalue weighted by Gasteiger charge is 2.34. The van der Waals surface area contributed by atoms with Gasteiger partial charge in [0, 0.05) is 16.0 Å². The average Bonchev–Trinajstić information content (AvgIpc) is 3.33. The number of esters is 2. The molecule has 0 saturated carbocycles. The van der Waals surface area contributed by atoms with Crippen molar-refractivity contribution in [2.75, 3.05) is 13.2 Å². The number of nitrogens with one attached hydrogen (secondary N) is 2. The normalized spacial score (nSPS) is 15.4. The van der Waals surface area contributed by atoms with Crippen LogP contribution < -0.4 is 10.6 Å². The number of ether oxygens (including phenoxy) is 2. The van der Waals surface area contributed by atoms with Crippen LogP contribution in [0.4, 0.5) is 4.79 Å². The minimum absolute atomic E-state index is 0.109. The number of amides is 2. The number of urea groups is 1. The van der Waals surface area contributed by atoms with E-state index in [0.29, 0.717) is 15.6 Å². The molecule has 1 aliphatic rings. The Morgan fingerprint density at radius 2 is 1.88 bits per heavy atom. The SMILES string of the molecule is CCOC(=O)C1=C(COC(=O)c2csc(-c3cccc(Cl)c3)n2)NC(=O)NC1c1ccccc1. The quantitative estimate of drug-likeness (QED) is 0.466. The Bertz CT molecular complexity index is 1260. The Labute approximate surface area is 204 Å². The number of carbonyl (C=O) groups is 3. The molecule has 0 bridgehead atoms. The molecule has 2 amide bonds. The van der Waals surface area contributed by atoms with E-state index in [4.69, 9.17) is 21.1 Å². The fourth-order valence-corrected chi connectivity index (χ4v) is 4.39. The van der Waals surface area contributed by atoms with Gasteiger partial charge in [-0.25, -0.2) is 19.4 Å². The van der Waals surface area contributed by atoms with Gasteiger partial charge in [0.05, 0.1) is 23.9 Å². The second-order valence-corrected chi connectivity index (χ2v) is 8.47. The van der Waals surface area contributed by atoms with Crippen molar-refractivity contribution < 1.29 is 23.9 Å². The van der Waals surface area contributed by atoms with Crippen LogP contribution in [0.3, 0.4) is 0 Å². The Morgan fingerprint density at radius 1 is 1.09 bits per heavy atom. The van der Waals surface area contributed by atoms with E-state index in [1.807, 2.05) is 12.1 Å². The monoisotopic (exact) mass is 497 g/mol. The minimum Gasteiger partial charge on any atom is -0.463 e. The number of thiazole rings is 1. The van der Waals surface area contributed by atoms with Crippen molar-refractivity contribution in [3.63, 3.8) is 0 Å². The molecule has 1 aliphatic heterocycles. The molecule has 8 nitrogen and oxygen atoms in total. The molecule has 10 heteroatoms. The first-order chi connectivity index (χ1) is 16.5. The first kappa shape index (κ1) is 23.5. The van der Waals surface area contributed by atoms with Crippen molar-refractivity contribution in [3.8, 4) is 10.6 Å². The molecule has 0 spiro atoms. The first-order valence-electron chi connectivity index (χ1n) is 10.4. The summed E-state index contributed by atoms with van der Waals surface area (Å²) in [6.45, 7) is 1.49. The van der Waals surface area contributed by atoms with Crippen LogP contribution in [0.5, 0.6) is 0 Å². The number of hydrogen-bond donors (Lipinski definition) is 2. The summed E-state index contributed by atoms with van der Waals surface area (Å²) in [7, 11) is 0. The fraction of sp³-hybridized carbons (Fsp3) is 0.167. The summed E-state index contributed by atoms with van der Waals surface area (Å²) in [6, 6.07) is 14.8. The van der Waals surface area contributed by atoms with Crippen molar-refractivity contribution in [2.24, 2.45) is 0 Å². The molecular formula is C24H20ClN3O5S. The molecule has 1 unspecified atom stereocenters. The molecule has 0 radical (unpaired) electrons. The predicted molar refractivity (Wildman–Crippen MR) is 127 cm³/mol. The Hall–Kier alpha value is -3.69. The van der Waals surface area contributed by atoms with Crippen LogP contribution in [0, 0.1) is 0 Å². The molecule has 2 aromatic carbocycles. The number of rotatable bonds is 7. The van der Waals surface area contributed by atoms with Gasteiger partial charge in [0.15, 0.2) is 5.69 Å². The smallest absolute Gasteiger partial charge is 0.358 e. The summed E-state index contributed by atoms with van der Waals surface area (Å²) in [5, 5.41) is 8.04. The topological polar surface area (TPSA) is 107 Å². The number of aromatic nitrogens is 1. The van der Waals surface area contributed by atoms with Gasteiger partial charge < -0.3 is 20.1 Å². The molecular weight excluding hydrogens is 478 g/mol. The highest BCUT2D eigenvalue weighted by molar-refractivity contribution is 7.13.